The number of nitro benzene ring substituents is 1. The van der Waals surface area contributed by atoms with Crippen molar-refractivity contribution in [3.63, 3.8) is 0 Å². The zero-order valence-electron chi connectivity index (χ0n) is 14.9. The standard InChI is InChI=1S/C19H24N2O3/c1-13-9-16(10-14(2)19(13)24-5)11-20(4)12-17-7-6-8-18(15(17)3)21(22)23/h6-10H,11-12H2,1-5H3. The van der Waals surface area contributed by atoms with Crippen molar-refractivity contribution >= 4 is 5.69 Å². The average Bonchev–Trinajstić information content (AvgIpc) is 2.48. The predicted molar refractivity (Wildman–Crippen MR) is 95.5 cm³/mol. The number of hydrogen-bond acceptors (Lipinski definition) is 4. The van der Waals surface area contributed by atoms with Crippen LogP contribution in [0.2, 0.25) is 0 Å². The summed E-state index contributed by atoms with van der Waals surface area (Å²) < 4.78 is 5.41. The first-order chi connectivity index (χ1) is 11.3. The van der Waals surface area contributed by atoms with Crippen LogP contribution in [-0.4, -0.2) is 24.0 Å². The minimum Gasteiger partial charge on any atom is -0.496 e. The normalized spacial score (nSPS) is 10.9. The van der Waals surface area contributed by atoms with Gasteiger partial charge < -0.3 is 4.74 Å². The molecule has 0 heterocycles. The van der Waals surface area contributed by atoms with Crippen molar-refractivity contribution in [2.24, 2.45) is 0 Å². The zero-order valence-corrected chi connectivity index (χ0v) is 14.9. The molecule has 0 N–H and O–H groups in total. The molecule has 2 aromatic carbocycles. The molecule has 0 atom stereocenters. The van der Waals surface area contributed by atoms with E-state index in [4.69, 9.17) is 4.74 Å². The van der Waals surface area contributed by atoms with Crippen LogP contribution >= 0.6 is 0 Å². The fourth-order valence-electron chi connectivity index (χ4n) is 3.15. The van der Waals surface area contributed by atoms with E-state index in [1.165, 1.54) is 5.56 Å². The summed E-state index contributed by atoms with van der Waals surface area (Å²) in [7, 11) is 3.71. The lowest BCUT2D eigenvalue weighted by atomic mass is 10.0. The van der Waals surface area contributed by atoms with Crippen molar-refractivity contribution in [1.82, 2.24) is 4.90 Å². The molecule has 0 saturated heterocycles. The molecule has 0 radical (unpaired) electrons. The number of benzene rings is 2. The lowest BCUT2D eigenvalue weighted by molar-refractivity contribution is -0.385. The predicted octanol–water partition coefficient (Wildman–Crippen LogP) is 4.16. The van der Waals surface area contributed by atoms with Crippen LogP contribution in [0.3, 0.4) is 0 Å². The molecule has 5 heteroatoms. The van der Waals surface area contributed by atoms with E-state index in [9.17, 15) is 10.1 Å². The minimum atomic E-state index is -0.324. The van der Waals surface area contributed by atoms with E-state index < -0.39 is 0 Å². The van der Waals surface area contributed by atoms with E-state index in [0.29, 0.717) is 6.54 Å². The summed E-state index contributed by atoms with van der Waals surface area (Å²) in [4.78, 5) is 12.9. The molecular weight excluding hydrogens is 304 g/mol. The molecule has 0 aromatic heterocycles. The maximum Gasteiger partial charge on any atom is 0.272 e. The van der Waals surface area contributed by atoms with Crippen LogP contribution in [0, 0.1) is 30.9 Å². The molecule has 0 aliphatic rings. The van der Waals surface area contributed by atoms with Crippen LogP contribution in [0.15, 0.2) is 30.3 Å². The van der Waals surface area contributed by atoms with Crippen LogP contribution in [0.5, 0.6) is 5.75 Å². The molecule has 24 heavy (non-hydrogen) atoms. The molecule has 0 amide bonds. The van der Waals surface area contributed by atoms with E-state index in [-0.39, 0.29) is 10.6 Å². The second-order valence-electron chi connectivity index (χ2n) is 6.25. The van der Waals surface area contributed by atoms with Crippen LogP contribution in [0.25, 0.3) is 0 Å². The third-order valence-corrected chi connectivity index (χ3v) is 4.23. The van der Waals surface area contributed by atoms with Gasteiger partial charge in [0.15, 0.2) is 0 Å². The van der Waals surface area contributed by atoms with Crippen molar-refractivity contribution in [3.05, 3.63) is 68.3 Å². The molecule has 0 saturated carbocycles. The first-order valence-electron chi connectivity index (χ1n) is 7.89. The van der Waals surface area contributed by atoms with Crippen molar-refractivity contribution in [2.75, 3.05) is 14.2 Å². The van der Waals surface area contributed by atoms with Crippen LogP contribution in [0.1, 0.15) is 27.8 Å². The van der Waals surface area contributed by atoms with E-state index in [2.05, 4.69) is 17.0 Å². The Hall–Kier alpha value is -2.40. The van der Waals surface area contributed by atoms with Gasteiger partial charge in [-0.1, -0.05) is 24.3 Å². The Balaban J connectivity index is 2.16. The monoisotopic (exact) mass is 328 g/mol. The molecule has 128 valence electrons. The van der Waals surface area contributed by atoms with Crippen LogP contribution in [0.4, 0.5) is 5.69 Å². The average molecular weight is 328 g/mol. The molecule has 0 aliphatic heterocycles. The number of hydrogen-bond donors (Lipinski definition) is 0. The molecule has 2 rings (SSSR count). The number of rotatable bonds is 6. The quantitative estimate of drug-likeness (QED) is 0.590. The number of nitro groups is 1. The largest absolute Gasteiger partial charge is 0.496 e. The summed E-state index contributed by atoms with van der Waals surface area (Å²) in [5.41, 5.74) is 5.33. The second kappa shape index (κ2) is 7.45. The van der Waals surface area contributed by atoms with Gasteiger partial charge in [-0.2, -0.15) is 0 Å². The van der Waals surface area contributed by atoms with E-state index in [1.807, 2.05) is 33.9 Å². The van der Waals surface area contributed by atoms with Crippen molar-refractivity contribution in [3.8, 4) is 5.75 Å². The fraction of sp³-hybridized carbons (Fsp3) is 0.368. The lowest BCUT2D eigenvalue weighted by Crippen LogP contribution is -2.18. The SMILES string of the molecule is COc1c(C)cc(CN(C)Cc2cccc([N+](=O)[O-])c2C)cc1C. The maximum atomic E-state index is 11.1. The highest BCUT2D eigenvalue weighted by Gasteiger charge is 2.14. The Bertz CT molecular complexity index is 733. The van der Waals surface area contributed by atoms with Gasteiger partial charge in [-0.3, -0.25) is 15.0 Å². The third-order valence-electron chi connectivity index (χ3n) is 4.23. The Morgan fingerprint density at radius 2 is 1.75 bits per heavy atom. The Kier molecular flexibility index (Phi) is 5.57. The highest BCUT2D eigenvalue weighted by atomic mass is 16.6. The zero-order chi connectivity index (χ0) is 17.9. The first kappa shape index (κ1) is 17.9. The summed E-state index contributed by atoms with van der Waals surface area (Å²) in [5.74, 6) is 0.927. The smallest absolute Gasteiger partial charge is 0.272 e. The van der Waals surface area contributed by atoms with Gasteiger partial charge in [0, 0.05) is 24.7 Å². The number of methoxy groups -OCH3 is 1. The number of nitrogens with zero attached hydrogens (tertiary/aromatic N) is 2. The summed E-state index contributed by atoms with van der Waals surface area (Å²) in [6.07, 6.45) is 0. The van der Waals surface area contributed by atoms with Gasteiger partial charge in [-0.25, -0.2) is 0 Å². The Morgan fingerprint density at radius 1 is 1.12 bits per heavy atom. The van der Waals surface area contributed by atoms with Gasteiger partial charge >= 0.3 is 0 Å². The maximum absolute atomic E-state index is 11.1. The summed E-state index contributed by atoms with van der Waals surface area (Å²) >= 11 is 0. The highest BCUT2D eigenvalue weighted by molar-refractivity contribution is 5.45. The molecular formula is C19H24N2O3. The molecule has 0 aliphatic carbocycles. The molecule has 0 spiro atoms. The van der Waals surface area contributed by atoms with E-state index in [0.717, 1.165) is 34.5 Å². The van der Waals surface area contributed by atoms with Gasteiger partial charge in [0.2, 0.25) is 0 Å². The molecule has 0 fully saturated rings. The second-order valence-corrected chi connectivity index (χ2v) is 6.25. The summed E-state index contributed by atoms with van der Waals surface area (Å²) in [6, 6.07) is 9.50. The molecule has 2 aromatic rings. The lowest BCUT2D eigenvalue weighted by Gasteiger charge is -2.19. The number of aryl methyl sites for hydroxylation is 2. The van der Waals surface area contributed by atoms with Gasteiger partial charge in [0.1, 0.15) is 5.75 Å². The Labute approximate surface area is 143 Å². The van der Waals surface area contributed by atoms with Crippen molar-refractivity contribution in [2.45, 2.75) is 33.9 Å². The topological polar surface area (TPSA) is 55.6 Å². The van der Waals surface area contributed by atoms with Crippen molar-refractivity contribution in [1.29, 1.82) is 0 Å². The highest BCUT2D eigenvalue weighted by Crippen LogP contribution is 2.26. The van der Waals surface area contributed by atoms with E-state index >= 15 is 0 Å². The van der Waals surface area contributed by atoms with Gasteiger partial charge in [0.05, 0.1) is 12.0 Å². The first-order valence-corrected chi connectivity index (χ1v) is 7.89. The molecule has 5 nitrogen and oxygen atoms in total. The van der Waals surface area contributed by atoms with Gasteiger partial charge in [-0.05, 0) is 50.1 Å². The fourth-order valence-corrected chi connectivity index (χ4v) is 3.15. The summed E-state index contributed by atoms with van der Waals surface area (Å²) in [6.45, 7) is 7.33. The minimum absolute atomic E-state index is 0.178. The summed E-state index contributed by atoms with van der Waals surface area (Å²) in [5, 5.41) is 11.1. The van der Waals surface area contributed by atoms with Crippen molar-refractivity contribution < 1.29 is 9.66 Å². The van der Waals surface area contributed by atoms with Gasteiger partial charge in [-0.15, -0.1) is 0 Å². The van der Waals surface area contributed by atoms with Crippen LogP contribution < -0.4 is 4.74 Å². The number of ether oxygens (including phenoxy) is 1. The van der Waals surface area contributed by atoms with E-state index in [1.54, 1.807) is 19.2 Å². The molecule has 0 unspecified atom stereocenters. The van der Waals surface area contributed by atoms with Crippen LogP contribution in [-0.2, 0) is 13.1 Å². The third kappa shape index (κ3) is 3.92. The van der Waals surface area contributed by atoms with Gasteiger partial charge in [0.25, 0.3) is 5.69 Å². The Morgan fingerprint density at radius 3 is 2.29 bits per heavy atom. The molecule has 0 bridgehead atoms.